The van der Waals surface area contributed by atoms with Crippen molar-refractivity contribution < 1.29 is 31.5 Å². The predicted octanol–water partition coefficient (Wildman–Crippen LogP) is 3.50. The van der Waals surface area contributed by atoms with Gasteiger partial charge in [-0.3, -0.25) is 9.53 Å². The quantitative estimate of drug-likeness (QED) is 0.773. The Morgan fingerprint density at radius 2 is 2.04 bits per heavy atom. The first-order chi connectivity index (χ1) is 13.1. The van der Waals surface area contributed by atoms with Crippen LogP contribution < -0.4 is 5.32 Å². The number of fused-ring (bicyclic) bond motifs is 1. The highest BCUT2D eigenvalue weighted by atomic mass is 19.4. The number of hydrogen-bond acceptors (Lipinski definition) is 5. The fourth-order valence-electron chi connectivity index (χ4n) is 3.01. The molecule has 1 fully saturated rings. The Morgan fingerprint density at radius 1 is 1.32 bits per heavy atom. The smallest absolute Gasteiger partial charge is 0.358 e. The van der Waals surface area contributed by atoms with Crippen LogP contribution in [0, 0.1) is 0 Å². The highest BCUT2D eigenvalue weighted by molar-refractivity contribution is 5.92. The molecule has 3 rings (SSSR count). The summed E-state index contributed by atoms with van der Waals surface area (Å²) in [6.45, 7) is 2.83. The van der Waals surface area contributed by atoms with E-state index in [1.165, 1.54) is 43.3 Å². The molecule has 0 bridgehead atoms. The lowest BCUT2D eigenvalue weighted by Gasteiger charge is -2.46. The summed E-state index contributed by atoms with van der Waals surface area (Å²) >= 11 is 0. The van der Waals surface area contributed by atoms with E-state index in [9.17, 15) is 26.7 Å². The minimum atomic E-state index is -4.76. The van der Waals surface area contributed by atoms with E-state index in [2.05, 4.69) is 20.0 Å². The van der Waals surface area contributed by atoms with Crippen LogP contribution in [0.2, 0.25) is 0 Å². The maximum atomic E-state index is 12.8. The number of nitrogens with one attached hydrogen (secondary N) is 1. The molecule has 0 aliphatic carbocycles. The molecule has 1 aromatic carbocycles. The Labute approximate surface area is 156 Å². The van der Waals surface area contributed by atoms with Crippen LogP contribution >= 0.6 is 0 Å². The van der Waals surface area contributed by atoms with Gasteiger partial charge in [0.05, 0.1) is 11.6 Å². The lowest BCUT2D eigenvalue weighted by atomic mass is 9.99. The molecule has 6 nitrogen and oxygen atoms in total. The summed E-state index contributed by atoms with van der Waals surface area (Å²) in [5.74, 6) is -0.159. The van der Waals surface area contributed by atoms with E-state index >= 15 is 0 Å². The van der Waals surface area contributed by atoms with Crippen LogP contribution in [0.1, 0.15) is 25.8 Å². The third-order valence-electron chi connectivity index (χ3n) is 4.61. The number of hydrogen-bond donors (Lipinski definition) is 1. The van der Waals surface area contributed by atoms with Crippen LogP contribution in [0.4, 0.5) is 27.8 Å². The van der Waals surface area contributed by atoms with Crippen LogP contribution in [0.15, 0.2) is 24.5 Å². The molecular weight excluding hydrogens is 387 g/mol. The average Bonchev–Trinajstić information content (AvgIpc) is 2.63. The summed E-state index contributed by atoms with van der Waals surface area (Å²) in [5, 5.41) is 3.32. The average molecular weight is 404 g/mol. The minimum Gasteiger partial charge on any atom is -0.358 e. The second-order valence-electron chi connectivity index (χ2n) is 6.50. The number of rotatable bonds is 5. The van der Waals surface area contributed by atoms with E-state index in [0.717, 1.165) is 0 Å². The Bertz CT molecular complexity index is 876. The summed E-state index contributed by atoms with van der Waals surface area (Å²) in [7, 11) is 0. The van der Waals surface area contributed by atoms with Crippen LogP contribution in [-0.4, -0.2) is 51.9 Å². The van der Waals surface area contributed by atoms with Gasteiger partial charge in [0.15, 0.2) is 0 Å². The number of amides is 1. The van der Waals surface area contributed by atoms with Crippen LogP contribution in [0.25, 0.3) is 10.9 Å². The lowest BCUT2D eigenvalue weighted by molar-refractivity contribution is -0.359. The van der Waals surface area contributed by atoms with Crippen molar-refractivity contribution in [2.75, 3.05) is 11.9 Å². The summed E-state index contributed by atoms with van der Waals surface area (Å²) in [6, 6.07) is 2.37. The molecule has 1 aliphatic heterocycles. The standard InChI is InChI=1S/C17H17F5N4O2/c1-8(16(27)26-6-13(9(26)2)28-17(20,21)22)25-15-11-4-3-10(14(18)19)5-12(11)23-7-24-15/h3-5,7-9,13-14H,6H2,1-2H3,(H,23,24,25)/t8-,9+,13+/m1/s1. The number of nitrogens with zero attached hydrogens (tertiary/aromatic N) is 3. The number of halogens is 5. The molecule has 1 aliphatic rings. The Morgan fingerprint density at radius 3 is 2.64 bits per heavy atom. The SMILES string of the molecule is C[C@@H](Nc1ncnc2cc(C(F)F)ccc12)C(=O)N1C[C@H](OC(F)(F)F)[C@@H]1C. The second-order valence-corrected chi connectivity index (χ2v) is 6.50. The maximum Gasteiger partial charge on any atom is 0.522 e. The van der Waals surface area contributed by atoms with Gasteiger partial charge in [0.25, 0.3) is 6.43 Å². The number of anilines is 1. The molecule has 3 atom stereocenters. The van der Waals surface area contributed by atoms with Gasteiger partial charge in [0.2, 0.25) is 5.91 Å². The van der Waals surface area contributed by atoms with E-state index in [1.54, 1.807) is 0 Å². The zero-order chi connectivity index (χ0) is 20.6. The number of likely N-dealkylation sites (tertiary alicyclic amines) is 1. The maximum absolute atomic E-state index is 12.8. The van der Waals surface area contributed by atoms with E-state index in [4.69, 9.17) is 0 Å². The first kappa shape index (κ1) is 20.2. The third kappa shape index (κ3) is 4.13. The first-order valence-electron chi connectivity index (χ1n) is 8.41. The van der Waals surface area contributed by atoms with Crippen LogP contribution in [-0.2, 0) is 9.53 Å². The van der Waals surface area contributed by atoms with E-state index in [1.807, 2.05) is 0 Å². The van der Waals surface area contributed by atoms with Gasteiger partial charge in [-0.25, -0.2) is 18.7 Å². The number of ether oxygens (including phenoxy) is 1. The van der Waals surface area contributed by atoms with Gasteiger partial charge < -0.3 is 10.2 Å². The first-order valence-corrected chi connectivity index (χ1v) is 8.41. The minimum absolute atomic E-state index is 0.173. The van der Waals surface area contributed by atoms with Crippen molar-refractivity contribution in [3.05, 3.63) is 30.1 Å². The van der Waals surface area contributed by atoms with Gasteiger partial charge in [-0.15, -0.1) is 13.2 Å². The Kier molecular flexibility index (Phi) is 5.37. The lowest BCUT2D eigenvalue weighted by Crippen LogP contribution is -2.64. The zero-order valence-electron chi connectivity index (χ0n) is 14.9. The van der Waals surface area contributed by atoms with Crippen molar-refractivity contribution in [1.82, 2.24) is 14.9 Å². The number of carbonyl (C=O) groups is 1. The van der Waals surface area contributed by atoms with Crippen LogP contribution in [0.3, 0.4) is 0 Å². The van der Waals surface area contributed by atoms with Crippen molar-refractivity contribution in [2.24, 2.45) is 0 Å². The van der Waals surface area contributed by atoms with Crippen molar-refractivity contribution in [1.29, 1.82) is 0 Å². The molecule has 1 aromatic heterocycles. The van der Waals surface area contributed by atoms with Gasteiger partial charge in [-0.05, 0) is 26.0 Å². The normalized spacial score (nSPS) is 20.9. The van der Waals surface area contributed by atoms with Gasteiger partial charge in [-0.2, -0.15) is 0 Å². The molecule has 2 aromatic rings. The molecule has 1 amide bonds. The number of alkyl halides is 5. The summed E-state index contributed by atoms with van der Waals surface area (Å²) < 4.78 is 66.5. The molecule has 0 spiro atoms. The number of carbonyl (C=O) groups excluding carboxylic acids is 1. The predicted molar refractivity (Wildman–Crippen MR) is 89.7 cm³/mol. The number of benzene rings is 1. The van der Waals surface area contributed by atoms with Gasteiger partial charge >= 0.3 is 6.36 Å². The Hall–Kier alpha value is -2.56. The molecule has 152 valence electrons. The molecular formula is C17H17F5N4O2. The topological polar surface area (TPSA) is 67.4 Å². The monoisotopic (exact) mass is 404 g/mol. The van der Waals surface area contributed by atoms with Gasteiger partial charge in [0.1, 0.15) is 24.3 Å². The van der Waals surface area contributed by atoms with E-state index < -0.39 is 36.9 Å². The van der Waals surface area contributed by atoms with Crippen molar-refractivity contribution in [3.8, 4) is 0 Å². The molecule has 2 heterocycles. The summed E-state index contributed by atoms with van der Waals surface area (Å²) in [5.41, 5.74) is 0.0947. The fourth-order valence-corrected chi connectivity index (χ4v) is 3.01. The third-order valence-corrected chi connectivity index (χ3v) is 4.61. The van der Waals surface area contributed by atoms with Crippen molar-refractivity contribution in [3.63, 3.8) is 0 Å². The second kappa shape index (κ2) is 7.46. The summed E-state index contributed by atoms with van der Waals surface area (Å²) in [6.07, 6.45) is -7.33. The van der Waals surface area contributed by atoms with E-state index in [0.29, 0.717) is 5.39 Å². The van der Waals surface area contributed by atoms with Gasteiger partial charge in [0, 0.05) is 17.5 Å². The molecule has 1 N–H and O–H groups in total. The van der Waals surface area contributed by atoms with Crippen LogP contribution in [0.5, 0.6) is 0 Å². The molecule has 11 heteroatoms. The molecule has 0 radical (unpaired) electrons. The van der Waals surface area contributed by atoms with Gasteiger partial charge in [-0.1, -0.05) is 6.07 Å². The molecule has 0 saturated carbocycles. The fraction of sp³-hybridized carbons (Fsp3) is 0.471. The highest BCUT2D eigenvalue weighted by Crippen LogP contribution is 2.30. The highest BCUT2D eigenvalue weighted by Gasteiger charge is 2.46. The Balaban J connectivity index is 1.70. The van der Waals surface area contributed by atoms with Crippen molar-refractivity contribution in [2.45, 2.75) is 44.8 Å². The molecule has 28 heavy (non-hydrogen) atoms. The molecule has 0 unspecified atom stereocenters. The zero-order valence-corrected chi connectivity index (χ0v) is 14.9. The number of aromatic nitrogens is 2. The largest absolute Gasteiger partial charge is 0.522 e. The summed E-state index contributed by atoms with van der Waals surface area (Å²) in [4.78, 5) is 21.8. The van der Waals surface area contributed by atoms with E-state index in [-0.39, 0.29) is 23.4 Å². The van der Waals surface area contributed by atoms with Crippen molar-refractivity contribution >= 4 is 22.6 Å². The molecule has 1 saturated heterocycles.